The Balaban J connectivity index is 2.43. The van der Waals surface area contributed by atoms with E-state index in [4.69, 9.17) is 5.73 Å². The summed E-state index contributed by atoms with van der Waals surface area (Å²) in [6.07, 6.45) is 0. The zero-order valence-corrected chi connectivity index (χ0v) is 10.6. The van der Waals surface area contributed by atoms with E-state index in [1.54, 1.807) is 12.1 Å². The fourth-order valence-corrected chi connectivity index (χ4v) is 2.47. The molecule has 0 fully saturated rings. The van der Waals surface area contributed by atoms with Crippen LogP contribution in [-0.2, 0) is 0 Å². The molecule has 0 radical (unpaired) electrons. The predicted molar refractivity (Wildman–Crippen MR) is 71.6 cm³/mol. The molecule has 6 nitrogen and oxygen atoms in total. The van der Waals surface area contributed by atoms with Gasteiger partial charge >= 0.3 is 0 Å². The Morgan fingerprint density at radius 2 is 1.52 bits per heavy atom. The number of phenols is 2. The summed E-state index contributed by atoms with van der Waals surface area (Å²) in [4.78, 5) is 36.4. The molecule has 4 N–H and O–H groups in total. The van der Waals surface area contributed by atoms with Crippen LogP contribution in [0, 0.1) is 0 Å². The molecular weight excluding hydrogens is 274 g/mol. The third-order valence-electron chi connectivity index (χ3n) is 3.41. The highest BCUT2D eigenvalue weighted by molar-refractivity contribution is 6.31. The Labute approximate surface area is 118 Å². The Bertz CT molecular complexity index is 838. The van der Waals surface area contributed by atoms with Crippen molar-refractivity contribution in [1.29, 1.82) is 0 Å². The highest BCUT2D eigenvalue weighted by Crippen LogP contribution is 2.38. The van der Waals surface area contributed by atoms with Crippen molar-refractivity contribution in [3.8, 4) is 11.5 Å². The standard InChI is InChI=1S/C15H9NO5/c16-15(21)11-10-8(5-9(17)14(11)20)12(18)6-3-1-2-4-7(6)13(10)19/h1-5,17,20H,(H2,16,21). The van der Waals surface area contributed by atoms with Crippen molar-refractivity contribution in [3.05, 3.63) is 58.1 Å². The van der Waals surface area contributed by atoms with Gasteiger partial charge in [0.25, 0.3) is 5.91 Å². The van der Waals surface area contributed by atoms with Crippen molar-refractivity contribution < 1.29 is 24.6 Å². The minimum absolute atomic E-state index is 0.127. The Morgan fingerprint density at radius 3 is 2.10 bits per heavy atom. The second-order valence-corrected chi connectivity index (χ2v) is 4.61. The van der Waals surface area contributed by atoms with Crippen LogP contribution in [0.1, 0.15) is 42.2 Å². The number of amides is 1. The van der Waals surface area contributed by atoms with Crippen LogP contribution < -0.4 is 5.73 Å². The molecule has 6 heteroatoms. The van der Waals surface area contributed by atoms with Gasteiger partial charge in [0.15, 0.2) is 23.1 Å². The number of carbonyl (C=O) groups excluding carboxylic acids is 3. The number of hydrogen-bond donors (Lipinski definition) is 3. The SMILES string of the molecule is NC(=O)c1c(O)c(O)cc2c1C(=O)c1ccccc1C2=O. The maximum Gasteiger partial charge on any atom is 0.253 e. The maximum absolute atomic E-state index is 12.5. The molecule has 1 aliphatic rings. The normalized spacial score (nSPS) is 12.8. The van der Waals surface area contributed by atoms with Gasteiger partial charge in [-0.15, -0.1) is 0 Å². The van der Waals surface area contributed by atoms with E-state index in [0.717, 1.165) is 6.07 Å². The van der Waals surface area contributed by atoms with Crippen molar-refractivity contribution in [2.24, 2.45) is 5.73 Å². The highest BCUT2D eigenvalue weighted by Gasteiger charge is 2.35. The monoisotopic (exact) mass is 283 g/mol. The minimum atomic E-state index is -1.10. The number of aromatic hydroxyl groups is 2. The molecule has 104 valence electrons. The first-order valence-corrected chi connectivity index (χ1v) is 6.00. The van der Waals surface area contributed by atoms with E-state index in [1.165, 1.54) is 12.1 Å². The molecule has 0 aliphatic heterocycles. The summed E-state index contributed by atoms with van der Waals surface area (Å²) in [6.45, 7) is 0. The molecule has 0 spiro atoms. The van der Waals surface area contributed by atoms with Gasteiger partial charge in [-0.05, 0) is 6.07 Å². The largest absolute Gasteiger partial charge is 0.504 e. The fourth-order valence-electron chi connectivity index (χ4n) is 2.47. The zero-order chi connectivity index (χ0) is 15.3. The van der Waals surface area contributed by atoms with Crippen molar-refractivity contribution in [2.75, 3.05) is 0 Å². The topological polar surface area (TPSA) is 118 Å². The number of phenolic OH excluding ortho intramolecular Hbond substituents is 1. The molecule has 0 aromatic heterocycles. The predicted octanol–water partition coefficient (Wildman–Crippen LogP) is 0.972. The lowest BCUT2D eigenvalue weighted by molar-refractivity contribution is 0.0961. The maximum atomic E-state index is 12.5. The van der Waals surface area contributed by atoms with E-state index in [9.17, 15) is 24.6 Å². The smallest absolute Gasteiger partial charge is 0.253 e. The van der Waals surface area contributed by atoms with Crippen molar-refractivity contribution in [2.45, 2.75) is 0 Å². The molecule has 1 aliphatic carbocycles. The number of nitrogens with two attached hydrogens (primary N) is 1. The van der Waals surface area contributed by atoms with E-state index >= 15 is 0 Å². The number of hydrogen-bond acceptors (Lipinski definition) is 5. The lowest BCUT2D eigenvalue weighted by Gasteiger charge is -2.20. The van der Waals surface area contributed by atoms with Crippen LogP contribution in [0.2, 0.25) is 0 Å². The van der Waals surface area contributed by atoms with Gasteiger partial charge in [-0.25, -0.2) is 0 Å². The Kier molecular flexibility index (Phi) is 2.56. The summed E-state index contributed by atoms with van der Waals surface area (Å²) in [5, 5.41) is 19.4. The fraction of sp³-hybridized carbons (Fsp3) is 0. The third kappa shape index (κ3) is 1.62. The van der Waals surface area contributed by atoms with Gasteiger partial charge in [-0.2, -0.15) is 0 Å². The van der Waals surface area contributed by atoms with Gasteiger partial charge in [0, 0.05) is 16.7 Å². The van der Waals surface area contributed by atoms with E-state index in [1.807, 2.05) is 0 Å². The molecule has 0 saturated heterocycles. The van der Waals surface area contributed by atoms with Crippen LogP contribution in [0.5, 0.6) is 11.5 Å². The third-order valence-corrected chi connectivity index (χ3v) is 3.41. The molecular formula is C15H9NO5. The number of benzene rings is 2. The summed E-state index contributed by atoms with van der Waals surface area (Å²) in [5.41, 5.74) is 4.50. The molecule has 3 rings (SSSR count). The Morgan fingerprint density at radius 1 is 0.952 bits per heavy atom. The van der Waals surface area contributed by atoms with Crippen molar-refractivity contribution in [3.63, 3.8) is 0 Å². The van der Waals surface area contributed by atoms with Crippen LogP contribution in [-0.4, -0.2) is 27.7 Å². The number of rotatable bonds is 1. The van der Waals surface area contributed by atoms with Crippen LogP contribution in [0.3, 0.4) is 0 Å². The van der Waals surface area contributed by atoms with Crippen molar-refractivity contribution in [1.82, 2.24) is 0 Å². The summed E-state index contributed by atoms with van der Waals surface area (Å²) in [5.74, 6) is -3.69. The van der Waals surface area contributed by atoms with E-state index in [2.05, 4.69) is 0 Å². The summed E-state index contributed by atoms with van der Waals surface area (Å²) < 4.78 is 0. The molecule has 1 amide bonds. The lowest BCUT2D eigenvalue weighted by atomic mass is 9.81. The van der Waals surface area contributed by atoms with Crippen molar-refractivity contribution >= 4 is 17.5 Å². The summed E-state index contributed by atoms with van der Waals surface area (Å²) in [7, 11) is 0. The van der Waals surface area contributed by atoms with E-state index in [0.29, 0.717) is 0 Å². The lowest BCUT2D eigenvalue weighted by Crippen LogP contribution is -2.26. The molecule has 2 aromatic rings. The highest BCUT2D eigenvalue weighted by atomic mass is 16.3. The molecule has 21 heavy (non-hydrogen) atoms. The van der Waals surface area contributed by atoms with E-state index in [-0.39, 0.29) is 22.3 Å². The quantitative estimate of drug-likeness (QED) is 0.575. The molecule has 2 aromatic carbocycles. The molecule has 0 saturated carbocycles. The van der Waals surface area contributed by atoms with Gasteiger partial charge in [0.1, 0.15) is 0 Å². The minimum Gasteiger partial charge on any atom is -0.504 e. The van der Waals surface area contributed by atoms with Gasteiger partial charge < -0.3 is 15.9 Å². The second-order valence-electron chi connectivity index (χ2n) is 4.61. The zero-order valence-electron chi connectivity index (χ0n) is 10.6. The summed E-state index contributed by atoms with van der Waals surface area (Å²) >= 11 is 0. The average Bonchev–Trinajstić information content (AvgIpc) is 2.46. The first kappa shape index (κ1) is 12.9. The molecule has 0 atom stereocenters. The molecule has 0 unspecified atom stereocenters. The average molecular weight is 283 g/mol. The van der Waals surface area contributed by atoms with Gasteiger partial charge in [-0.1, -0.05) is 24.3 Å². The van der Waals surface area contributed by atoms with Crippen LogP contribution in [0.25, 0.3) is 0 Å². The first-order valence-electron chi connectivity index (χ1n) is 6.00. The molecule has 0 bridgehead atoms. The molecule has 0 heterocycles. The first-order chi connectivity index (χ1) is 9.93. The number of fused-ring (bicyclic) bond motifs is 2. The number of ketones is 2. The number of primary amides is 1. The van der Waals surface area contributed by atoms with Crippen LogP contribution in [0.4, 0.5) is 0 Å². The second kappa shape index (κ2) is 4.17. The van der Waals surface area contributed by atoms with Gasteiger partial charge in [0.05, 0.1) is 11.1 Å². The summed E-state index contributed by atoms with van der Waals surface area (Å²) in [6, 6.07) is 7.08. The van der Waals surface area contributed by atoms with Crippen LogP contribution in [0.15, 0.2) is 30.3 Å². The Hall–Kier alpha value is -3.15. The number of carbonyl (C=O) groups is 3. The van der Waals surface area contributed by atoms with E-state index < -0.39 is 34.5 Å². The van der Waals surface area contributed by atoms with Crippen LogP contribution >= 0.6 is 0 Å². The van der Waals surface area contributed by atoms with Gasteiger partial charge in [-0.3, -0.25) is 14.4 Å². The van der Waals surface area contributed by atoms with Gasteiger partial charge in [0.2, 0.25) is 0 Å².